The molecule has 2 N–H and O–H groups in total. The Labute approximate surface area is 152 Å². The Kier molecular flexibility index (Phi) is 7.16. The second kappa shape index (κ2) is 9.59. The van der Waals surface area contributed by atoms with Gasteiger partial charge in [-0.25, -0.2) is 4.79 Å². The molecule has 0 aliphatic heterocycles. The second-order valence-corrected chi connectivity index (χ2v) is 5.39. The van der Waals surface area contributed by atoms with E-state index in [1.807, 2.05) is 32.0 Å². The molecule has 0 aliphatic rings. The smallest absolute Gasteiger partial charge is 0.323 e. The zero-order valence-corrected chi connectivity index (χ0v) is 15.0. The van der Waals surface area contributed by atoms with Crippen molar-refractivity contribution in [2.75, 3.05) is 18.5 Å². The molecule has 0 aromatic heterocycles. The first-order chi connectivity index (χ1) is 12.1. The summed E-state index contributed by atoms with van der Waals surface area (Å²) >= 11 is 6.05. The predicted molar refractivity (Wildman–Crippen MR) is 101 cm³/mol. The molecule has 0 heterocycles. The van der Waals surface area contributed by atoms with Crippen molar-refractivity contribution < 1.29 is 14.3 Å². The third kappa shape index (κ3) is 5.72. The van der Waals surface area contributed by atoms with Crippen LogP contribution in [-0.4, -0.2) is 19.2 Å². The van der Waals surface area contributed by atoms with Crippen LogP contribution < -0.4 is 20.1 Å². The Balaban J connectivity index is 1.98. The largest absolute Gasteiger partial charge is 0.490 e. The number of urea groups is 1. The zero-order chi connectivity index (χ0) is 18.1. The van der Waals surface area contributed by atoms with E-state index in [0.29, 0.717) is 35.4 Å². The number of anilines is 1. The standard InChI is InChI=1S/C19H21ClN2O3/c1-3-24-17-10-9-15(13-18(17)25-4-2)22-19(23)21-12-11-14-7-5-6-8-16(14)20/h5-13H,3-4H2,1-2H3,(H2,21,22,23)/b12-11+. The summed E-state index contributed by atoms with van der Waals surface area (Å²) < 4.78 is 11.0. The van der Waals surface area contributed by atoms with E-state index in [0.717, 1.165) is 5.56 Å². The summed E-state index contributed by atoms with van der Waals surface area (Å²) in [5.41, 5.74) is 1.43. The first kappa shape index (κ1) is 18.7. The first-order valence-corrected chi connectivity index (χ1v) is 8.40. The van der Waals surface area contributed by atoms with Gasteiger partial charge in [0.2, 0.25) is 0 Å². The summed E-state index contributed by atoms with van der Waals surface area (Å²) in [5.74, 6) is 1.24. The molecule has 2 aromatic rings. The third-order valence-electron chi connectivity index (χ3n) is 3.18. The van der Waals surface area contributed by atoms with Crippen LogP contribution in [0.15, 0.2) is 48.7 Å². The molecule has 0 saturated carbocycles. The van der Waals surface area contributed by atoms with Crippen LogP contribution in [-0.2, 0) is 0 Å². The van der Waals surface area contributed by atoms with Crippen LogP contribution in [0.1, 0.15) is 19.4 Å². The van der Waals surface area contributed by atoms with Crippen molar-refractivity contribution in [1.29, 1.82) is 0 Å². The Bertz CT molecular complexity index is 747. The summed E-state index contributed by atoms with van der Waals surface area (Å²) in [6, 6.07) is 12.3. The molecule has 0 aliphatic carbocycles. The van der Waals surface area contributed by atoms with Gasteiger partial charge < -0.3 is 20.1 Å². The van der Waals surface area contributed by atoms with Crippen molar-refractivity contribution in [2.45, 2.75) is 13.8 Å². The number of amides is 2. The van der Waals surface area contributed by atoms with Crippen molar-refractivity contribution in [2.24, 2.45) is 0 Å². The van der Waals surface area contributed by atoms with E-state index < -0.39 is 0 Å². The predicted octanol–water partition coefficient (Wildman–Crippen LogP) is 4.93. The Morgan fingerprint density at radius 1 is 1.08 bits per heavy atom. The normalized spacial score (nSPS) is 10.5. The zero-order valence-electron chi connectivity index (χ0n) is 14.2. The summed E-state index contributed by atoms with van der Waals surface area (Å²) in [6.45, 7) is 4.85. The van der Waals surface area contributed by atoms with E-state index >= 15 is 0 Å². The molecule has 0 saturated heterocycles. The Hall–Kier alpha value is -2.66. The Morgan fingerprint density at radius 2 is 1.80 bits per heavy atom. The highest BCUT2D eigenvalue weighted by atomic mass is 35.5. The van der Waals surface area contributed by atoms with Gasteiger partial charge >= 0.3 is 6.03 Å². The monoisotopic (exact) mass is 360 g/mol. The highest BCUT2D eigenvalue weighted by Crippen LogP contribution is 2.30. The molecule has 0 fully saturated rings. The van der Waals surface area contributed by atoms with Gasteiger partial charge in [-0.15, -0.1) is 0 Å². The molecular formula is C19H21ClN2O3. The van der Waals surface area contributed by atoms with Crippen LogP contribution in [0.25, 0.3) is 6.08 Å². The molecule has 5 nitrogen and oxygen atoms in total. The lowest BCUT2D eigenvalue weighted by molar-refractivity contribution is 0.255. The van der Waals surface area contributed by atoms with Gasteiger partial charge in [-0.05, 0) is 43.7 Å². The number of ether oxygens (including phenoxy) is 2. The van der Waals surface area contributed by atoms with Crippen molar-refractivity contribution in [1.82, 2.24) is 5.32 Å². The van der Waals surface area contributed by atoms with Gasteiger partial charge in [-0.2, -0.15) is 0 Å². The maximum Gasteiger partial charge on any atom is 0.323 e. The average molecular weight is 361 g/mol. The molecular weight excluding hydrogens is 340 g/mol. The topological polar surface area (TPSA) is 59.6 Å². The molecule has 2 rings (SSSR count). The molecule has 0 spiro atoms. The fourth-order valence-electron chi connectivity index (χ4n) is 2.11. The van der Waals surface area contributed by atoms with Crippen molar-refractivity contribution >= 4 is 29.4 Å². The quantitative estimate of drug-likeness (QED) is 0.736. The fourth-order valence-corrected chi connectivity index (χ4v) is 2.31. The number of hydrogen-bond acceptors (Lipinski definition) is 3. The first-order valence-electron chi connectivity index (χ1n) is 8.02. The number of carbonyl (C=O) groups excluding carboxylic acids is 1. The summed E-state index contributed by atoms with van der Waals surface area (Å²) in [6.07, 6.45) is 3.26. The van der Waals surface area contributed by atoms with Crippen LogP contribution in [0.3, 0.4) is 0 Å². The van der Waals surface area contributed by atoms with Crippen LogP contribution in [0, 0.1) is 0 Å². The second-order valence-electron chi connectivity index (χ2n) is 4.98. The minimum Gasteiger partial charge on any atom is -0.490 e. The number of rotatable bonds is 7. The highest BCUT2D eigenvalue weighted by Gasteiger charge is 2.07. The molecule has 0 atom stereocenters. The minimum atomic E-state index is -0.366. The van der Waals surface area contributed by atoms with Gasteiger partial charge in [0.15, 0.2) is 11.5 Å². The van der Waals surface area contributed by atoms with Crippen molar-refractivity contribution in [3.63, 3.8) is 0 Å². The molecule has 0 unspecified atom stereocenters. The lowest BCUT2D eigenvalue weighted by Crippen LogP contribution is -2.23. The fraction of sp³-hybridized carbons (Fsp3) is 0.211. The lowest BCUT2D eigenvalue weighted by atomic mass is 10.2. The molecule has 0 bridgehead atoms. The molecule has 132 valence electrons. The number of benzene rings is 2. The molecule has 0 radical (unpaired) electrons. The maximum absolute atomic E-state index is 12.0. The lowest BCUT2D eigenvalue weighted by Gasteiger charge is -2.12. The van der Waals surface area contributed by atoms with Crippen LogP contribution in [0.4, 0.5) is 10.5 Å². The van der Waals surface area contributed by atoms with E-state index in [1.54, 1.807) is 30.3 Å². The van der Waals surface area contributed by atoms with E-state index in [9.17, 15) is 4.79 Å². The van der Waals surface area contributed by atoms with Crippen LogP contribution in [0.5, 0.6) is 11.5 Å². The maximum atomic E-state index is 12.0. The van der Waals surface area contributed by atoms with E-state index in [4.69, 9.17) is 21.1 Å². The summed E-state index contributed by atoms with van der Waals surface area (Å²) in [7, 11) is 0. The minimum absolute atomic E-state index is 0.366. The number of carbonyl (C=O) groups is 1. The Morgan fingerprint density at radius 3 is 2.52 bits per heavy atom. The van der Waals surface area contributed by atoms with Gasteiger partial charge in [0.25, 0.3) is 0 Å². The van der Waals surface area contributed by atoms with Gasteiger partial charge in [0.1, 0.15) is 0 Å². The molecule has 2 amide bonds. The molecule has 25 heavy (non-hydrogen) atoms. The van der Waals surface area contributed by atoms with Crippen molar-refractivity contribution in [3.8, 4) is 11.5 Å². The summed E-state index contributed by atoms with van der Waals surface area (Å²) in [5, 5.41) is 6.00. The van der Waals surface area contributed by atoms with Gasteiger partial charge in [-0.1, -0.05) is 29.8 Å². The average Bonchev–Trinajstić information content (AvgIpc) is 2.59. The third-order valence-corrected chi connectivity index (χ3v) is 3.53. The van der Waals surface area contributed by atoms with Gasteiger partial charge in [0.05, 0.1) is 13.2 Å². The van der Waals surface area contributed by atoms with Gasteiger partial charge in [-0.3, -0.25) is 0 Å². The van der Waals surface area contributed by atoms with Gasteiger partial charge in [0, 0.05) is 23.0 Å². The number of hydrogen-bond donors (Lipinski definition) is 2. The van der Waals surface area contributed by atoms with Crippen LogP contribution in [0.2, 0.25) is 5.02 Å². The van der Waals surface area contributed by atoms with E-state index in [-0.39, 0.29) is 6.03 Å². The number of nitrogens with one attached hydrogen (secondary N) is 2. The SMILES string of the molecule is CCOc1ccc(NC(=O)N/C=C/c2ccccc2Cl)cc1OCC. The highest BCUT2D eigenvalue weighted by molar-refractivity contribution is 6.32. The van der Waals surface area contributed by atoms with E-state index in [1.165, 1.54) is 6.20 Å². The van der Waals surface area contributed by atoms with Crippen molar-refractivity contribution in [3.05, 3.63) is 59.3 Å². The number of halogens is 1. The molecule has 6 heteroatoms. The summed E-state index contributed by atoms with van der Waals surface area (Å²) in [4.78, 5) is 12.0. The van der Waals surface area contributed by atoms with Crippen LogP contribution >= 0.6 is 11.6 Å². The van der Waals surface area contributed by atoms with E-state index in [2.05, 4.69) is 10.6 Å². The molecule has 2 aromatic carbocycles.